The highest BCUT2D eigenvalue weighted by Crippen LogP contribution is 2.23. The first-order chi connectivity index (χ1) is 4.36. The van der Waals surface area contributed by atoms with Crippen molar-refractivity contribution in [3.63, 3.8) is 0 Å². The van der Waals surface area contributed by atoms with Crippen molar-refractivity contribution in [1.82, 2.24) is 0 Å². The molecule has 54 valence electrons. The quantitative estimate of drug-likeness (QED) is 0.554. The van der Waals surface area contributed by atoms with Crippen molar-refractivity contribution in [3.8, 4) is 0 Å². The summed E-state index contributed by atoms with van der Waals surface area (Å²) in [7, 11) is 0. The summed E-state index contributed by atoms with van der Waals surface area (Å²) in [5.74, 6) is 0. The van der Waals surface area contributed by atoms with Gasteiger partial charge in [0.15, 0.2) is 0 Å². The Balaban J connectivity index is 2.20. The standard InChI is InChI=1S/C8H16O/c1-3-7-5-6-8(4-2)9-7/h7-8H,3-6H2,1-2H3/t7-,8-/m1/s1. The molecule has 9 heavy (non-hydrogen) atoms. The summed E-state index contributed by atoms with van der Waals surface area (Å²) in [6.07, 6.45) is 6.11. The highest BCUT2D eigenvalue weighted by Gasteiger charge is 2.21. The molecule has 1 fully saturated rings. The second-order valence-electron chi connectivity index (χ2n) is 2.77. The lowest BCUT2D eigenvalue weighted by Crippen LogP contribution is -2.08. The lowest BCUT2D eigenvalue weighted by molar-refractivity contribution is 0.0416. The van der Waals surface area contributed by atoms with Gasteiger partial charge in [0.1, 0.15) is 0 Å². The SMILES string of the molecule is CC[C@@H]1CC[C@@H](CC)O1. The topological polar surface area (TPSA) is 9.23 Å². The summed E-state index contributed by atoms with van der Waals surface area (Å²) in [6.45, 7) is 4.39. The van der Waals surface area contributed by atoms with Crippen LogP contribution in [0.3, 0.4) is 0 Å². The molecule has 0 saturated carbocycles. The molecule has 0 aromatic carbocycles. The molecule has 0 spiro atoms. The van der Waals surface area contributed by atoms with E-state index in [0.29, 0.717) is 12.2 Å². The summed E-state index contributed by atoms with van der Waals surface area (Å²) >= 11 is 0. The smallest absolute Gasteiger partial charge is 0.0577 e. The Morgan fingerprint density at radius 1 is 1.11 bits per heavy atom. The Hall–Kier alpha value is -0.0400. The van der Waals surface area contributed by atoms with E-state index in [-0.39, 0.29) is 0 Å². The van der Waals surface area contributed by atoms with Gasteiger partial charge in [0.2, 0.25) is 0 Å². The molecule has 0 amide bonds. The zero-order chi connectivity index (χ0) is 6.69. The van der Waals surface area contributed by atoms with Gasteiger partial charge in [-0.2, -0.15) is 0 Å². The largest absolute Gasteiger partial charge is 0.375 e. The third-order valence-electron chi connectivity index (χ3n) is 2.11. The maximum absolute atomic E-state index is 5.66. The molecule has 1 saturated heterocycles. The summed E-state index contributed by atoms with van der Waals surface area (Å²) in [4.78, 5) is 0. The predicted octanol–water partition coefficient (Wildman–Crippen LogP) is 2.35. The predicted molar refractivity (Wildman–Crippen MR) is 38.5 cm³/mol. The molecule has 1 heteroatoms. The van der Waals surface area contributed by atoms with E-state index in [1.165, 1.54) is 25.7 Å². The third kappa shape index (κ3) is 1.68. The maximum Gasteiger partial charge on any atom is 0.0577 e. The van der Waals surface area contributed by atoms with E-state index >= 15 is 0 Å². The molecule has 0 aromatic heterocycles. The first kappa shape index (κ1) is 7.07. The van der Waals surface area contributed by atoms with Crippen molar-refractivity contribution in [2.24, 2.45) is 0 Å². The highest BCUT2D eigenvalue weighted by molar-refractivity contribution is 4.70. The van der Waals surface area contributed by atoms with E-state index in [1.54, 1.807) is 0 Å². The van der Waals surface area contributed by atoms with Crippen LogP contribution in [0.1, 0.15) is 39.5 Å². The molecule has 0 N–H and O–H groups in total. The fraction of sp³-hybridized carbons (Fsp3) is 1.00. The average molecular weight is 128 g/mol. The summed E-state index contributed by atoms with van der Waals surface area (Å²) < 4.78 is 5.66. The van der Waals surface area contributed by atoms with Crippen molar-refractivity contribution in [2.45, 2.75) is 51.7 Å². The minimum atomic E-state index is 0.579. The number of ether oxygens (including phenoxy) is 1. The van der Waals surface area contributed by atoms with Gasteiger partial charge in [-0.3, -0.25) is 0 Å². The third-order valence-corrected chi connectivity index (χ3v) is 2.11. The molecule has 0 bridgehead atoms. The van der Waals surface area contributed by atoms with E-state index < -0.39 is 0 Å². The molecular weight excluding hydrogens is 112 g/mol. The average Bonchev–Trinajstić information content (AvgIpc) is 2.34. The molecule has 0 radical (unpaired) electrons. The van der Waals surface area contributed by atoms with Gasteiger partial charge < -0.3 is 4.74 Å². The van der Waals surface area contributed by atoms with E-state index in [4.69, 9.17) is 4.74 Å². The molecule has 2 atom stereocenters. The van der Waals surface area contributed by atoms with Gasteiger partial charge >= 0.3 is 0 Å². The normalized spacial score (nSPS) is 35.3. The zero-order valence-electron chi connectivity index (χ0n) is 6.39. The lowest BCUT2D eigenvalue weighted by Gasteiger charge is -2.08. The maximum atomic E-state index is 5.66. The minimum absolute atomic E-state index is 0.579. The molecular formula is C8H16O. The minimum Gasteiger partial charge on any atom is -0.375 e. The zero-order valence-corrected chi connectivity index (χ0v) is 6.39. The number of hydrogen-bond acceptors (Lipinski definition) is 1. The van der Waals surface area contributed by atoms with Crippen molar-refractivity contribution in [2.75, 3.05) is 0 Å². The van der Waals surface area contributed by atoms with Crippen LogP contribution < -0.4 is 0 Å². The van der Waals surface area contributed by atoms with Crippen LogP contribution in [0.15, 0.2) is 0 Å². The molecule has 1 aliphatic heterocycles. The van der Waals surface area contributed by atoms with E-state index in [0.717, 1.165) is 0 Å². The number of rotatable bonds is 2. The monoisotopic (exact) mass is 128 g/mol. The molecule has 0 unspecified atom stereocenters. The van der Waals surface area contributed by atoms with Gasteiger partial charge in [-0.15, -0.1) is 0 Å². The van der Waals surface area contributed by atoms with Crippen molar-refractivity contribution in [3.05, 3.63) is 0 Å². The first-order valence-corrected chi connectivity index (χ1v) is 4.02. The van der Waals surface area contributed by atoms with Gasteiger partial charge in [0.25, 0.3) is 0 Å². The molecule has 1 rings (SSSR count). The van der Waals surface area contributed by atoms with Gasteiger partial charge in [-0.1, -0.05) is 13.8 Å². The van der Waals surface area contributed by atoms with Crippen LogP contribution in [-0.2, 0) is 4.74 Å². The van der Waals surface area contributed by atoms with Crippen LogP contribution in [-0.4, -0.2) is 12.2 Å². The number of hydrogen-bond donors (Lipinski definition) is 0. The van der Waals surface area contributed by atoms with Crippen LogP contribution in [0.2, 0.25) is 0 Å². The first-order valence-electron chi connectivity index (χ1n) is 4.02. The summed E-state index contributed by atoms with van der Waals surface area (Å²) in [6, 6.07) is 0. The second kappa shape index (κ2) is 3.21. The molecule has 1 nitrogen and oxygen atoms in total. The Bertz CT molecular complexity index is 70.6. The van der Waals surface area contributed by atoms with Crippen LogP contribution in [0, 0.1) is 0 Å². The Labute approximate surface area is 57.4 Å². The van der Waals surface area contributed by atoms with E-state index in [9.17, 15) is 0 Å². The molecule has 1 aliphatic rings. The van der Waals surface area contributed by atoms with E-state index in [2.05, 4.69) is 13.8 Å². The van der Waals surface area contributed by atoms with Crippen molar-refractivity contribution >= 4 is 0 Å². The van der Waals surface area contributed by atoms with Crippen LogP contribution in [0.25, 0.3) is 0 Å². The lowest BCUT2D eigenvalue weighted by atomic mass is 10.1. The van der Waals surface area contributed by atoms with Crippen molar-refractivity contribution < 1.29 is 4.74 Å². The fourth-order valence-electron chi connectivity index (χ4n) is 1.38. The van der Waals surface area contributed by atoms with Gasteiger partial charge in [-0.25, -0.2) is 0 Å². The summed E-state index contributed by atoms with van der Waals surface area (Å²) in [5.41, 5.74) is 0. The summed E-state index contributed by atoms with van der Waals surface area (Å²) in [5, 5.41) is 0. The Kier molecular flexibility index (Phi) is 2.52. The van der Waals surface area contributed by atoms with Crippen LogP contribution in [0.5, 0.6) is 0 Å². The van der Waals surface area contributed by atoms with Crippen LogP contribution in [0.4, 0.5) is 0 Å². The van der Waals surface area contributed by atoms with Crippen molar-refractivity contribution in [1.29, 1.82) is 0 Å². The highest BCUT2D eigenvalue weighted by atomic mass is 16.5. The molecule has 1 heterocycles. The molecule has 0 aliphatic carbocycles. The van der Waals surface area contributed by atoms with Gasteiger partial charge in [0.05, 0.1) is 12.2 Å². The second-order valence-corrected chi connectivity index (χ2v) is 2.77. The van der Waals surface area contributed by atoms with Gasteiger partial charge in [0, 0.05) is 0 Å². The van der Waals surface area contributed by atoms with E-state index in [1.807, 2.05) is 0 Å². The molecule has 0 aromatic rings. The van der Waals surface area contributed by atoms with Gasteiger partial charge in [-0.05, 0) is 25.7 Å². The van der Waals surface area contributed by atoms with Crippen LogP contribution >= 0.6 is 0 Å². The Morgan fingerprint density at radius 3 is 1.78 bits per heavy atom. The fourth-order valence-corrected chi connectivity index (χ4v) is 1.38. The Morgan fingerprint density at radius 2 is 1.56 bits per heavy atom.